The maximum absolute atomic E-state index is 9.49. The zero-order valence-electron chi connectivity index (χ0n) is 9.38. The van der Waals surface area contributed by atoms with Crippen molar-refractivity contribution >= 4 is 11.6 Å². The number of hydrogen-bond acceptors (Lipinski definition) is 2. The molecule has 1 aromatic heterocycles. The summed E-state index contributed by atoms with van der Waals surface area (Å²) in [6.07, 6.45) is 4.29. The van der Waals surface area contributed by atoms with Crippen LogP contribution in [0.25, 0.3) is 0 Å². The molecule has 1 heterocycles. The predicted molar refractivity (Wildman–Crippen MR) is 69.2 cm³/mol. The van der Waals surface area contributed by atoms with Gasteiger partial charge in [-0.25, -0.2) is 0 Å². The second kappa shape index (κ2) is 5.80. The fourth-order valence-corrected chi connectivity index (χ4v) is 2.17. The highest BCUT2D eigenvalue weighted by molar-refractivity contribution is 6.31. The van der Waals surface area contributed by atoms with Crippen molar-refractivity contribution in [2.75, 3.05) is 6.61 Å². The van der Waals surface area contributed by atoms with Crippen molar-refractivity contribution in [1.29, 1.82) is 0 Å². The van der Waals surface area contributed by atoms with Gasteiger partial charge in [0.15, 0.2) is 0 Å². The molecule has 2 nitrogen and oxygen atoms in total. The van der Waals surface area contributed by atoms with E-state index in [-0.39, 0.29) is 12.5 Å². The van der Waals surface area contributed by atoms with Gasteiger partial charge in [0.2, 0.25) is 0 Å². The Labute approximate surface area is 106 Å². The van der Waals surface area contributed by atoms with E-state index in [9.17, 15) is 5.11 Å². The normalized spacial score (nSPS) is 12.4. The number of benzene rings is 1. The van der Waals surface area contributed by atoms with Crippen molar-refractivity contribution in [1.82, 2.24) is 4.98 Å². The van der Waals surface area contributed by atoms with Crippen LogP contribution in [-0.4, -0.2) is 16.7 Å². The van der Waals surface area contributed by atoms with Gasteiger partial charge in [0.1, 0.15) is 0 Å². The molecule has 1 unspecified atom stereocenters. The van der Waals surface area contributed by atoms with Crippen LogP contribution >= 0.6 is 11.6 Å². The summed E-state index contributed by atoms with van der Waals surface area (Å²) in [6.45, 7) is 0.0893. The first-order valence-electron chi connectivity index (χ1n) is 5.55. The Hall–Kier alpha value is -1.38. The first-order chi connectivity index (χ1) is 8.31. The second-order valence-corrected chi connectivity index (χ2v) is 4.37. The van der Waals surface area contributed by atoms with E-state index < -0.39 is 0 Å². The molecular formula is C14H14ClNO. The summed E-state index contributed by atoms with van der Waals surface area (Å²) in [5.41, 5.74) is 2.15. The van der Waals surface area contributed by atoms with Crippen molar-refractivity contribution in [3.63, 3.8) is 0 Å². The Morgan fingerprint density at radius 1 is 1.12 bits per heavy atom. The number of hydrogen-bond donors (Lipinski definition) is 1. The third kappa shape index (κ3) is 3.05. The summed E-state index contributed by atoms with van der Waals surface area (Å²) < 4.78 is 0. The number of pyridine rings is 1. The average Bonchev–Trinajstić information content (AvgIpc) is 2.38. The van der Waals surface area contributed by atoms with E-state index in [1.165, 1.54) is 0 Å². The van der Waals surface area contributed by atoms with Crippen molar-refractivity contribution in [2.45, 2.75) is 12.3 Å². The summed E-state index contributed by atoms with van der Waals surface area (Å²) in [5.74, 6) is 0.0334. The number of aromatic nitrogens is 1. The maximum Gasteiger partial charge on any atom is 0.0503 e. The van der Waals surface area contributed by atoms with Crippen molar-refractivity contribution in [3.8, 4) is 0 Å². The van der Waals surface area contributed by atoms with Crippen molar-refractivity contribution < 1.29 is 5.11 Å². The molecule has 3 heteroatoms. The average molecular weight is 248 g/mol. The van der Waals surface area contributed by atoms with E-state index >= 15 is 0 Å². The van der Waals surface area contributed by atoms with Crippen LogP contribution in [0.5, 0.6) is 0 Å². The summed E-state index contributed by atoms with van der Waals surface area (Å²) >= 11 is 6.14. The minimum Gasteiger partial charge on any atom is -0.396 e. The summed E-state index contributed by atoms with van der Waals surface area (Å²) in [7, 11) is 0. The maximum atomic E-state index is 9.49. The molecule has 0 spiro atoms. The number of nitrogens with zero attached hydrogens (tertiary/aromatic N) is 1. The minimum atomic E-state index is 0.0334. The molecule has 0 saturated heterocycles. The third-order valence-electron chi connectivity index (χ3n) is 2.80. The van der Waals surface area contributed by atoms with Gasteiger partial charge in [-0.3, -0.25) is 4.98 Å². The third-order valence-corrected chi connectivity index (χ3v) is 3.14. The highest BCUT2D eigenvalue weighted by atomic mass is 35.5. The molecule has 1 atom stereocenters. The largest absolute Gasteiger partial charge is 0.396 e. The van der Waals surface area contributed by atoms with Crippen molar-refractivity contribution in [3.05, 3.63) is 64.9 Å². The zero-order valence-corrected chi connectivity index (χ0v) is 10.1. The minimum absolute atomic E-state index is 0.0334. The molecule has 1 aromatic carbocycles. The Kier molecular flexibility index (Phi) is 4.13. The first-order valence-corrected chi connectivity index (χ1v) is 5.93. The molecule has 2 rings (SSSR count). The Morgan fingerprint density at radius 3 is 2.47 bits per heavy atom. The van der Waals surface area contributed by atoms with Crippen LogP contribution in [0.15, 0.2) is 48.8 Å². The van der Waals surface area contributed by atoms with Crippen molar-refractivity contribution in [2.24, 2.45) is 0 Å². The molecule has 0 bridgehead atoms. The number of aliphatic hydroxyl groups is 1. The molecular weight excluding hydrogens is 234 g/mol. The molecule has 0 aliphatic rings. The molecule has 0 amide bonds. The molecule has 0 radical (unpaired) electrons. The number of aliphatic hydroxyl groups excluding tert-OH is 1. The van der Waals surface area contributed by atoms with Gasteiger partial charge >= 0.3 is 0 Å². The smallest absolute Gasteiger partial charge is 0.0503 e. The van der Waals surface area contributed by atoms with Gasteiger partial charge in [-0.15, -0.1) is 0 Å². The van der Waals surface area contributed by atoms with Crippen LogP contribution in [0.2, 0.25) is 5.02 Å². The Morgan fingerprint density at radius 2 is 1.82 bits per heavy atom. The molecule has 0 saturated carbocycles. The molecule has 0 aliphatic carbocycles. The summed E-state index contributed by atoms with van der Waals surface area (Å²) in [6, 6.07) is 11.6. The summed E-state index contributed by atoms with van der Waals surface area (Å²) in [5, 5.41) is 10.2. The highest BCUT2D eigenvalue weighted by Gasteiger charge is 2.13. The molecule has 1 N–H and O–H groups in total. The number of rotatable bonds is 4. The van der Waals surface area contributed by atoms with Gasteiger partial charge < -0.3 is 5.11 Å². The van der Waals surface area contributed by atoms with Crippen LogP contribution < -0.4 is 0 Å². The van der Waals surface area contributed by atoms with Gasteiger partial charge in [-0.1, -0.05) is 29.8 Å². The highest BCUT2D eigenvalue weighted by Crippen LogP contribution is 2.26. The van der Waals surface area contributed by atoms with Gasteiger partial charge in [0.05, 0.1) is 6.61 Å². The van der Waals surface area contributed by atoms with Gasteiger partial charge in [0.25, 0.3) is 0 Å². The Bertz CT molecular complexity index is 473. The van der Waals surface area contributed by atoms with E-state index in [2.05, 4.69) is 4.98 Å². The molecule has 2 aromatic rings. The van der Waals surface area contributed by atoms with Crippen LogP contribution in [-0.2, 0) is 6.42 Å². The van der Waals surface area contributed by atoms with Crippen LogP contribution in [0, 0.1) is 0 Å². The quantitative estimate of drug-likeness (QED) is 0.901. The molecule has 88 valence electrons. The van der Waals surface area contributed by atoms with Gasteiger partial charge in [0, 0.05) is 23.3 Å². The fourth-order valence-electron chi connectivity index (χ4n) is 1.88. The molecule has 17 heavy (non-hydrogen) atoms. The van der Waals surface area contributed by atoms with Crippen LogP contribution in [0.1, 0.15) is 17.0 Å². The monoisotopic (exact) mass is 247 g/mol. The topological polar surface area (TPSA) is 33.1 Å². The predicted octanol–water partition coefficient (Wildman–Crippen LogP) is 3.05. The number of halogens is 1. The fraction of sp³-hybridized carbons (Fsp3) is 0.214. The zero-order chi connectivity index (χ0) is 12.1. The lowest BCUT2D eigenvalue weighted by Crippen LogP contribution is -2.08. The van der Waals surface area contributed by atoms with Gasteiger partial charge in [-0.2, -0.15) is 0 Å². The van der Waals surface area contributed by atoms with E-state index in [0.29, 0.717) is 5.02 Å². The van der Waals surface area contributed by atoms with E-state index in [1.807, 2.05) is 36.4 Å². The van der Waals surface area contributed by atoms with E-state index in [0.717, 1.165) is 17.5 Å². The van der Waals surface area contributed by atoms with Crippen LogP contribution in [0.4, 0.5) is 0 Å². The standard InChI is InChI=1S/C14H14ClNO/c15-14-4-2-1-3-13(14)12(10-17)9-11-5-7-16-8-6-11/h1-8,12,17H,9-10H2. The lowest BCUT2D eigenvalue weighted by molar-refractivity contribution is 0.264. The first kappa shape index (κ1) is 12.1. The molecule has 0 fully saturated rings. The lowest BCUT2D eigenvalue weighted by atomic mass is 9.93. The Balaban J connectivity index is 2.21. The van der Waals surface area contributed by atoms with E-state index in [4.69, 9.17) is 11.6 Å². The summed E-state index contributed by atoms with van der Waals surface area (Å²) in [4.78, 5) is 3.98. The second-order valence-electron chi connectivity index (χ2n) is 3.96. The van der Waals surface area contributed by atoms with Gasteiger partial charge in [-0.05, 0) is 35.7 Å². The lowest BCUT2D eigenvalue weighted by Gasteiger charge is -2.16. The van der Waals surface area contributed by atoms with E-state index in [1.54, 1.807) is 12.4 Å². The SMILES string of the molecule is OCC(Cc1ccncc1)c1ccccc1Cl. The molecule has 0 aliphatic heterocycles. The van der Waals surface area contributed by atoms with Crippen LogP contribution in [0.3, 0.4) is 0 Å².